The number of hydrogen-bond donors (Lipinski definition) is 0. The van der Waals surface area contributed by atoms with E-state index < -0.39 is 0 Å². The summed E-state index contributed by atoms with van der Waals surface area (Å²) in [6.45, 7) is 18.1. The van der Waals surface area contributed by atoms with Crippen molar-refractivity contribution in [2.45, 2.75) is 79.6 Å². The number of hydrogen-bond acceptors (Lipinski definition) is 3. The molecule has 0 fully saturated rings. The fourth-order valence-electron chi connectivity index (χ4n) is 7.20. The number of aromatic nitrogens is 2. The second kappa shape index (κ2) is 9.33. The van der Waals surface area contributed by atoms with Gasteiger partial charge in [0.1, 0.15) is 5.58 Å². The van der Waals surface area contributed by atoms with Crippen LogP contribution in [-0.4, -0.2) is 9.97 Å². The minimum atomic E-state index is -0.106. The van der Waals surface area contributed by atoms with Crippen molar-refractivity contribution < 1.29 is 4.42 Å². The van der Waals surface area contributed by atoms with Crippen LogP contribution in [0.4, 0.5) is 0 Å². The van der Waals surface area contributed by atoms with E-state index in [1.807, 2.05) is 6.20 Å². The lowest BCUT2D eigenvalue weighted by Gasteiger charge is -2.34. The first-order valence-corrected chi connectivity index (χ1v) is 14.5. The van der Waals surface area contributed by atoms with E-state index >= 15 is 0 Å². The van der Waals surface area contributed by atoms with Crippen molar-refractivity contribution in [3.63, 3.8) is 0 Å². The maximum atomic E-state index is 6.73. The monoisotopic (exact) mass is 516 g/mol. The molecule has 0 unspecified atom stereocenters. The molecule has 1 aliphatic carbocycles. The molecular formula is C36H40N2O. The van der Waals surface area contributed by atoms with Crippen LogP contribution in [-0.2, 0) is 5.41 Å². The maximum Gasteiger partial charge on any atom is 0.227 e. The summed E-state index contributed by atoms with van der Waals surface area (Å²) >= 11 is 0. The third kappa shape index (κ3) is 4.01. The van der Waals surface area contributed by atoms with E-state index in [1.54, 1.807) is 0 Å². The highest BCUT2D eigenvalue weighted by Crippen LogP contribution is 2.55. The predicted molar refractivity (Wildman–Crippen MR) is 163 cm³/mol. The van der Waals surface area contributed by atoms with Gasteiger partial charge in [0.05, 0.1) is 11.4 Å². The van der Waals surface area contributed by atoms with Crippen molar-refractivity contribution in [1.82, 2.24) is 9.97 Å². The summed E-state index contributed by atoms with van der Waals surface area (Å²) in [5.41, 5.74) is 12.5. The van der Waals surface area contributed by atoms with Gasteiger partial charge in [0.15, 0.2) is 0 Å². The number of furan rings is 1. The summed E-state index contributed by atoms with van der Waals surface area (Å²) in [4.78, 5) is 10.3. The molecule has 0 aliphatic heterocycles. The normalized spacial score (nSPS) is 14.2. The van der Waals surface area contributed by atoms with Crippen molar-refractivity contribution in [1.29, 1.82) is 0 Å². The Bertz CT molecular complexity index is 1710. The van der Waals surface area contributed by atoms with E-state index in [2.05, 4.69) is 104 Å². The van der Waals surface area contributed by atoms with Crippen molar-refractivity contribution in [3.8, 4) is 22.4 Å². The summed E-state index contributed by atoms with van der Waals surface area (Å²) in [7, 11) is 0. The minimum Gasteiger partial charge on any atom is -0.437 e. The highest BCUT2D eigenvalue weighted by molar-refractivity contribution is 6.10. The minimum absolute atomic E-state index is 0.106. The Morgan fingerprint density at radius 1 is 0.795 bits per heavy atom. The van der Waals surface area contributed by atoms with Crippen molar-refractivity contribution in [2.75, 3.05) is 0 Å². The molecule has 5 aromatic rings. The number of nitrogens with zero attached hydrogens (tertiary/aromatic N) is 2. The van der Waals surface area contributed by atoms with E-state index in [0.717, 1.165) is 46.2 Å². The van der Waals surface area contributed by atoms with Crippen LogP contribution >= 0.6 is 0 Å². The number of rotatable bonds is 6. The molecule has 0 spiro atoms. The van der Waals surface area contributed by atoms with Crippen LogP contribution in [0, 0.1) is 25.7 Å². The number of aryl methyl sites for hydroxylation is 2. The van der Waals surface area contributed by atoms with Gasteiger partial charge in [-0.05, 0) is 84.4 Å². The van der Waals surface area contributed by atoms with Gasteiger partial charge in [-0.2, -0.15) is 0 Å². The molecule has 0 saturated heterocycles. The van der Waals surface area contributed by atoms with Gasteiger partial charge in [-0.3, -0.25) is 4.98 Å². The summed E-state index contributed by atoms with van der Waals surface area (Å²) in [6.07, 6.45) is 4.15. The summed E-state index contributed by atoms with van der Waals surface area (Å²) < 4.78 is 6.73. The highest BCUT2D eigenvalue weighted by Gasteiger charge is 2.45. The Morgan fingerprint density at radius 2 is 1.51 bits per heavy atom. The Balaban J connectivity index is 1.65. The molecule has 0 saturated carbocycles. The Kier molecular flexibility index (Phi) is 6.17. The second-order valence-electron chi connectivity index (χ2n) is 12.9. The van der Waals surface area contributed by atoms with Gasteiger partial charge in [-0.15, -0.1) is 0 Å². The SMILES string of the molecule is Cc1cnc(-c2c(C)ccc3c2oc2nc4c(cc23)-c2ccccc2C4(CC(C)C)CC(C)C)cc1C(C)C. The van der Waals surface area contributed by atoms with Crippen LogP contribution in [0.5, 0.6) is 0 Å². The fraction of sp³-hybridized carbons (Fsp3) is 0.389. The molecule has 6 rings (SSSR count). The van der Waals surface area contributed by atoms with Gasteiger partial charge in [-0.25, -0.2) is 4.98 Å². The van der Waals surface area contributed by atoms with Crippen molar-refractivity contribution in [3.05, 3.63) is 82.7 Å². The van der Waals surface area contributed by atoms with Crippen LogP contribution in [0.1, 0.15) is 88.2 Å². The predicted octanol–water partition coefficient (Wildman–Crippen LogP) is 10.1. The standard InChI is InChI=1S/C36H40N2O/c1-20(2)17-36(18-21(3)4)30-12-10-9-11-25(30)28-15-29-26-14-13-23(7)32(33(26)39-35(29)38-34(28)36)31-16-27(22(5)6)24(8)19-37-31/h9-16,19-22H,17-18H2,1-8H3. The summed E-state index contributed by atoms with van der Waals surface area (Å²) in [5, 5.41) is 2.19. The molecule has 3 aromatic heterocycles. The number of fused-ring (bicyclic) bond motifs is 6. The molecule has 0 amide bonds. The Morgan fingerprint density at radius 3 is 2.21 bits per heavy atom. The third-order valence-corrected chi connectivity index (χ3v) is 8.56. The lowest BCUT2D eigenvalue weighted by atomic mass is 9.69. The maximum absolute atomic E-state index is 6.73. The lowest BCUT2D eigenvalue weighted by molar-refractivity contribution is 0.331. The average Bonchev–Trinajstić information content (AvgIpc) is 3.35. The molecule has 1 aliphatic rings. The zero-order chi connectivity index (χ0) is 27.6. The first kappa shape index (κ1) is 25.8. The lowest BCUT2D eigenvalue weighted by Crippen LogP contribution is -2.30. The molecule has 0 N–H and O–H groups in total. The van der Waals surface area contributed by atoms with Gasteiger partial charge in [0.25, 0.3) is 0 Å². The molecule has 200 valence electrons. The van der Waals surface area contributed by atoms with Crippen LogP contribution in [0.2, 0.25) is 0 Å². The Hall–Kier alpha value is -3.46. The van der Waals surface area contributed by atoms with Crippen LogP contribution in [0.15, 0.2) is 59.1 Å². The van der Waals surface area contributed by atoms with Crippen LogP contribution in [0.25, 0.3) is 44.5 Å². The van der Waals surface area contributed by atoms with Gasteiger partial charge in [0.2, 0.25) is 5.71 Å². The fourth-order valence-corrected chi connectivity index (χ4v) is 7.20. The van der Waals surface area contributed by atoms with Gasteiger partial charge in [-0.1, -0.05) is 77.9 Å². The smallest absolute Gasteiger partial charge is 0.227 e. The highest BCUT2D eigenvalue weighted by atomic mass is 16.3. The molecule has 0 radical (unpaired) electrons. The molecular weight excluding hydrogens is 476 g/mol. The molecule has 3 heteroatoms. The molecule has 0 atom stereocenters. The zero-order valence-electron chi connectivity index (χ0n) is 24.6. The van der Waals surface area contributed by atoms with E-state index in [0.29, 0.717) is 17.8 Å². The van der Waals surface area contributed by atoms with Crippen LogP contribution < -0.4 is 0 Å². The van der Waals surface area contributed by atoms with E-state index in [4.69, 9.17) is 14.4 Å². The largest absolute Gasteiger partial charge is 0.437 e. The van der Waals surface area contributed by atoms with Gasteiger partial charge in [0, 0.05) is 33.5 Å². The van der Waals surface area contributed by atoms with Crippen LogP contribution in [0.3, 0.4) is 0 Å². The topological polar surface area (TPSA) is 38.9 Å². The van der Waals surface area contributed by atoms with E-state index in [1.165, 1.54) is 39.1 Å². The van der Waals surface area contributed by atoms with E-state index in [-0.39, 0.29) is 5.41 Å². The van der Waals surface area contributed by atoms with E-state index in [9.17, 15) is 0 Å². The molecule has 2 aromatic carbocycles. The quantitative estimate of drug-likeness (QED) is 0.225. The summed E-state index contributed by atoms with van der Waals surface area (Å²) in [5.74, 6) is 1.53. The summed E-state index contributed by atoms with van der Waals surface area (Å²) in [6, 6.07) is 18.0. The number of benzene rings is 2. The first-order valence-electron chi connectivity index (χ1n) is 14.5. The molecule has 0 bridgehead atoms. The second-order valence-corrected chi connectivity index (χ2v) is 12.9. The number of pyridine rings is 2. The average molecular weight is 517 g/mol. The van der Waals surface area contributed by atoms with Gasteiger partial charge < -0.3 is 4.42 Å². The zero-order valence-corrected chi connectivity index (χ0v) is 24.6. The third-order valence-electron chi connectivity index (χ3n) is 8.56. The van der Waals surface area contributed by atoms with Gasteiger partial charge >= 0.3 is 0 Å². The molecule has 3 heterocycles. The Labute approximate surface area is 232 Å². The first-order chi connectivity index (χ1) is 18.6. The molecule has 3 nitrogen and oxygen atoms in total. The van der Waals surface area contributed by atoms with Crippen molar-refractivity contribution in [2.24, 2.45) is 11.8 Å². The van der Waals surface area contributed by atoms with Crippen molar-refractivity contribution >= 4 is 22.1 Å². The molecule has 39 heavy (non-hydrogen) atoms.